The van der Waals surface area contributed by atoms with Gasteiger partial charge in [-0.1, -0.05) is 0 Å². The highest BCUT2D eigenvalue weighted by atomic mass is 32.2. The molecule has 14 heavy (non-hydrogen) atoms. The van der Waals surface area contributed by atoms with E-state index >= 15 is 0 Å². The third-order valence-electron chi connectivity index (χ3n) is 1.50. The highest BCUT2D eigenvalue weighted by Crippen LogP contribution is 2.17. The van der Waals surface area contributed by atoms with Crippen LogP contribution >= 0.6 is 11.8 Å². The Balaban J connectivity index is 2.62. The van der Waals surface area contributed by atoms with E-state index in [2.05, 4.69) is 15.4 Å². The minimum atomic E-state index is 0.636. The van der Waals surface area contributed by atoms with Crippen molar-refractivity contribution in [3.63, 3.8) is 0 Å². The molecule has 78 valence electrons. The average molecular weight is 214 g/mol. The summed E-state index contributed by atoms with van der Waals surface area (Å²) in [7, 11) is 1.68. The minimum Gasteiger partial charge on any atom is -0.384 e. The van der Waals surface area contributed by atoms with Crippen LogP contribution in [0.15, 0.2) is 11.1 Å². The molecule has 3 N–H and O–H groups in total. The molecule has 0 saturated carbocycles. The lowest BCUT2D eigenvalue weighted by Gasteiger charge is -2.04. The van der Waals surface area contributed by atoms with Crippen LogP contribution in [0.2, 0.25) is 0 Å². The quantitative estimate of drug-likeness (QED) is 0.248. The van der Waals surface area contributed by atoms with E-state index in [4.69, 9.17) is 10.6 Å². The van der Waals surface area contributed by atoms with E-state index in [0.717, 1.165) is 10.8 Å². The molecule has 5 nitrogen and oxygen atoms in total. The van der Waals surface area contributed by atoms with Gasteiger partial charge < -0.3 is 10.2 Å². The number of rotatable bonds is 5. The van der Waals surface area contributed by atoms with E-state index in [9.17, 15) is 0 Å². The molecule has 1 heterocycles. The van der Waals surface area contributed by atoms with Crippen LogP contribution in [-0.2, 0) is 4.74 Å². The zero-order chi connectivity index (χ0) is 10.4. The fourth-order valence-corrected chi connectivity index (χ4v) is 1.77. The molecule has 0 aliphatic rings. The van der Waals surface area contributed by atoms with Crippen molar-refractivity contribution >= 4 is 17.6 Å². The number of thioether (sulfide) groups is 1. The summed E-state index contributed by atoms with van der Waals surface area (Å²) in [6, 6.07) is 1.81. The van der Waals surface area contributed by atoms with Crippen molar-refractivity contribution in [1.29, 1.82) is 0 Å². The van der Waals surface area contributed by atoms with Crippen molar-refractivity contribution in [2.24, 2.45) is 5.84 Å². The zero-order valence-corrected chi connectivity index (χ0v) is 9.10. The lowest BCUT2D eigenvalue weighted by Crippen LogP contribution is -2.09. The molecule has 0 fully saturated rings. The number of hydrazine groups is 1. The number of nitrogen functional groups attached to an aromatic ring is 1. The summed E-state index contributed by atoms with van der Waals surface area (Å²) >= 11 is 1.62. The van der Waals surface area contributed by atoms with Gasteiger partial charge in [-0.15, -0.1) is 11.8 Å². The molecule has 0 saturated heterocycles. The number of hydrogen-bond acceptors (Lipinski definition) is 6. The first-order chi connectivity index (χ1) is 6.76. The molecule has 0 atom stereocenters. The van der Waals surface area contributed by atoms with Gasteiger partial charge in [-0.3, -0.25) is 0 Å². The number of ether oxygens (including phenoxy) is 1. The first-order valence-corrected chi connectivity index (χ1v) is 5.19. The van der Waals surface area contributed by atoms with Crippen LogP contribution in [-0.4, -0.2) is 29.4 Å². The van der Waals surface area contributed by atoms with Crippen LogP contribution in [0.5, 0.6) is 0 Å². The Labute approximate surface area is 87.4 Å². The second kappa shape index (κ2) is 5.79. The maximum absolute atomic E-state index is 5.27. The van der Waals surface area contributed by atoms with E-state index in [1.165, 1.54) is 0 Å². The van der Waals surface area contributed by atoms with Gasteiger partial charge in [0.2, 0.25) is 0 Å². The SMILES string of the molecule is COCCSc1cc(NN)nc(C)n1. The second-order valence-electron chi connectivity index (χ2n) is 2.62. The van der Waals surface area contributed by atoms with Gasteiger partial charge in [-0.2, -0.15) is 0 Å². The Bertz CT molecular complexity index is 295. The first kappa shape index (κ1) is 11.2. The predicted molar refractivity (Wildman–Crippen MR) is 57.2 cm³/mol. The van der Waals surface area contributed by atoms with E-state index < -0.39 is 0 Å². The summed E-state index contributed by atoms with van der Waals surface area (Å²) in [5, 5.41) is 0.905. The number of methoxy groups -OCH3 is 1. The summed E-state index contributed by atoms with van der Waals surface area (Å²) in [5.74, 6) is 7.49. The molecule has 0 aromatic carbocycles. The second-order valence-corrected chi connectivity index (χ2v) is 3.74. The molecule has 0 aliphatic heterocycles. The zero-order valence-electron chi connectivity index (χ0n) is 8.28. The van der Waals surface area contributed by atoms with Crippen molar-refractivity contribution < 1.29 is 4.74 Å². The highest BCUT2D eigenvalue weighted by Gasteiger charge is 2.00. The van der Waals surface area contributed by atoms with E-state index in [1.807, 2.05) is 13.0 Å². The number of nitrogens with two attached hydrogens (primary N) is 1. The normalized spacial score (nSPS) is 10.2. The van der Waals surface area contributed by atoms with Gasteiger partial charge in [0.25, 0.3) is 0 Å². The van der Waals surface area contributed by atoms with Crippen molar-refractivity contribution in [2.75, 3.05) is 24.9 Å². The molecule has 1 aromatic rings. The number of aromatic nitrogens is 2. The van der Waals surface area contributed by atoms with Gasteiger partial charge in [-0.25, -0.2) is 15.8 Å². The van der Waals surface area contributed by atoms with Crippen molar-refractivity contribution in [1.82, 2.24) is 9.97 Å². The van der Waals surface area contributed by atoms with Gasteiger partial charge in [0.05, 0.1) is 6.61 Å². The fraction of sp³-hybridized carbons (Fsp3) is 0.500. The van der Waals surface area contributed by atoms with Crippen LogP contribution in [0, 0.1) is 6.92 Å². The summed E-state index contributed by atoms with van der Waals surface area (Å²) in [6.07, 6.45) is 0. The summed E-state index contributed by atoms with van der Waals surface area (Å²) in [5.41, 5.74) is 2.50. The van der Waals surface area contributed by atoms with Crippen LogP contribution in [0.3, 0.4) is 0 Å². The van der Waals surface area contributed by atoms with Gasteiger partial charge >= 0.3 is 0 Å². The standard InChI is InChI=1S/C8H14N4OS/c1-6-10-7(12-9)5-8(11-6)14-4-3-13-2/h5H,3-4,9H2,1-2H3,(H,10,11,12). The van der Waals surface area contributed by atoms with E-state index in [1.54, 1.807) is 18.9 Å². The number of hydrogen-bond donors (Lipinski definition) is 2. The average Bonchev–Trinajstić information content (AvgIpc) is 2.17. The lowest BCUT2D eigenvalue weighted by atomic mass is 10.5. The van der Waals surface area contributed by atoms with Crippen LogP contribution in [0.25, 0.3) is 0 Å². The number of nitrogens with one attached hydrogen (secondary N) is 1. The van der Waals surface area contributed by atoms with Crippen LogP contribution < -0.4 is 11.3 Å². The van der Waals surface area contributed by atoms with Crippen molar-refractivity contribution in [2.45, 2.75) is 11.9 Å². The maximum Gasteiger partial charge on any atom is 0.144 e. The molecular formula is C8H14N4OS. The third-order valence-corrected chi connectivity index (χ3v) is 2.38. The molecule has 1 aromatic heterocycles. The van der Waals surface area contributed by atoms with Gasteiger partial charge in [0.15, 0.2) is 0 Å². The van der Waals surface area contributed by atoms with Crippen molar-refractivity contribution in [3.05, 3.63) is 11.9 Å². The summed E-state index contributed by atoms with van der Waals surface area (Å²) in [6.45, 7) is 2.54. The number of nitrogens with zero attached hydrogens (tertiary/aromatic N) is 2. The Hall–Kier alpha value is -0.850. The van der Waals surface area contributed by atoms with E-state index in [-0.39, 0.29) is 0 Å². The third kappa shape index (κ3) is 3.49. The minimum absolute atomic E-state index is 0.636. The lowest BCUT2D eigenvalue weighted by molar-refractivity contribution is 0.218. The fourth-order valence-electron chi connectivity index (χ4n) is 0.918. The first-order valence-electron chi connectivity index (χ1n) is 4.20. The molecule has 0 unspecified atom stereocenters. The Morgan fingerprint density at radius 1 is 1.57 bits per heavy atom. The summed E-state index contributed by atoms with van der Waals surface area (Å²) < 4.78 is 4.95. The number of anilines is 1. The molecule has 1 rings (SSSR count). The Morgan fingerprint density at radius 2 is 2.36 bits per heavy atom. The highest BCUT2D eigenvalue weighted by molar-refractivity contribution is 7.99. The van der Waals surface area contributed by atoms with Gasteiger partial charge in [0, 0.05) is 18.9 Å². The van der Waals surface area contributed by atoms with E-state index in [0.29, 0.717) is 18.2 Å². The molecule has 0 aliphatic carbocycles. The van der Waals surface area contributed by atoms with Gasteiger partial charge in [0.1, 0.15) is 16.7 Å². The Kier molecular flexibility index (Phi) is 4.64. The Morgan fingerprint density at radius 3 is 3.00 bits per heavy atom. The largest absolute Gasteiger partial charge is 0.384 e. The maximum atomic E-state index is 5.27. The smallest absolute Gasteiger partial charge is 0.144 e. The van der Waals surface area contributed by atoms with Gasteiger partial charge in [-0.05, 0) is 6.92 Å². The molecule has 0 spiro atoms. The molecule has 6 heteroatoms. The topological polar surface area (TPSA) is 73.1 Å². The monoisotopic (exact) mass is 214 g/mol. The molecule has 0 radical (unpaired) electrons. The van der Waals surface area contributed by atoms with Crippen molar-refractivity contribution in [3.8, 4) is 0 Å². The summed E-state index contributed by atoms with van der Waals surface area (Å²) in [4.78, 5) is 8.34. The van der Waals surface area contributed by atoms with Crippen LogP contribution in [0.4, 0.5) is 5.82 Å². The predicted octanol–water partition coefficient (Wildman–Crippen LogP) is 0.809. The number of aryl methyl sites for hydroxylation is 1. The molecule has 0 amide bonds. The molecular weight excluding hydrogens is 200 g/mol. The van der Waals surface area contributed by atoms with Crippen LogP contribution in [0.1, 0.15) is 5.82 Å². The molecule has 0 bridgehead atoms.